The lowest BCUT2D eigenvalue weighted by atomic mass is 10.0. The summed E-state index contributed by atoms with van der Waals surface area (Å²) in [5, 5.41) is 0. The molecule has 0 saturated carbocycles. The number of allylic oxidation sites excluding steroid dienone is 2. The Morgan fingerprint density at radius 2 is 0.543 bits per heavy atom. The molecule has 0 spiro atoms. The van der Waals surface area contributed by atoms with E-state index >= 15 is 0 Å². The van der Waals surface area contributed by atoms with Crippen LogP contribution in [0.5, 0.6) is 0 Å². The topological polar surface area (TPSA) is 52.6 Å². The minimum atomic E-state index is -0.0352. The van der Waals surface area contributed by atoms with Gasteiger partial charge in [0.2, 0.25) is 0 Å². The van der Waals surface area contributed by atoms with E-state index in [-0.39, 0.29) is 24.1 Å². The Hall–Kier alpha value is -1.32. The fraction of sp³-hybridized carbons (Fsp3) is 0.905. The van der Waals surface area contributed by atoms with Gasteiger partial charge in [-0.3, -0.25) is 9.59 Å². The minimum Gasteiger partial charge on any atom is -0.463 e. The van der Waals surface area contributed by atoms with Crippen molar-refractivity contribution in [3.8, 4) is 0 Å². The minimum absolute atomic E-state index is 0.0157. The first-order valence-electron chi connectivity index (χ1n) is 20.5. The highest BCUT2D eigenvalue weighted by Gasteiger charge is 2.05. The van der Waals surface area contributed by atoms with Crippen molar-refractivity contribution >= 4 is 11.9 Å². The number of ether oxygens (including phenoxy) is 2. The van der Waals surface area contributed by atoms with E-state index in [2.05, 4.69) is 12.2 Å². The van der Waals surface area contributed by atoms with E-state index in [1.54, 1.807) is 0 Å². The highest BCUT2D eigenvalue weighted by atomic mass is 16.5. The van der Waals surface area contributed by atoms with E-state index in [9.17, 15) is 9.59 Å². The van der Waals surface area contributed by atoms with Crippen LogP contribution in [0.15, 0.2) is 12.2 Å². The smallest absolute Gasteiger partial charge is 0.306 e. The van der Waals surface area contributed by atoms with Crippen LogP contribution < -0.4 is 0 Å². The number of carbonyl (C=O) groups excluding carboxylic acids is 2. The largest absolute Gasteiger partial charge is 0.463 e. The molecule has 0 bridgehead atoms. The number of rotatable bonds is 36. The molecule has 0 unspecified atom stereocenters. The second-order valence-corrected chi connectivity index (χ2v) is 14.5. The van der Waals surface area contributed by atoms with Crippen LogP contribution in [-0.4, -0.2) is 24.1 Å². The molecule has 4 heteroatoms. The molecular formula is C42H80O4. The Bertz CT molecular complexity index is 613. The van der Waals surface area contributed by atoms with Gasteiger partial charge in [0.05, 0.1) is 12.2 Å². The summed E-state index contributed by atoms with van der Waals surface area (Å²) in [5.41, 5.74) is 0. The Kier molecular flexibility index (Phi) is 35.5. The zero-order valence-corrected chi connectivity index (χ0v) is 31.6. The number of unbranched alkanes of at least 4 members (excludes halogenated alkanes) is 28. The molecule has 0 heterocycles. The summed E-state index contributed by atoms with van der Waals surface area (Å²) in [6, 6.07) is 0. The number of hydrogen-bond donors (Lipinski definition) is 0. The Morgan fingerprint density at radius 3 is 0.761 bits per heavy atom. The summed E-state index contributed by atoms with van der Waals surface area (Å²) >= 11 is 0. The van der Waals surface area contributed by atoms with Gasteiger partial charge in [-0.1, -0.05) is 166 Å². The van der Waals surface area contributed by atoms with Gasteiger partial charge < -0.3 is 9.47 Å². The molecule has 272 valence electrons. The molecule has 0 amide bonds. The molecule has 0 aromatic carbocycles. The van der Waals surface area contributed by atoms with Crippen LogP contribution in [0.2, 0.25) is 0 Å². The molecule has 0 aromatic heterocycles. The number of carbonyl (C=O) groups is 2. The van der Waals surface area contributed by atoms with Gasteiger partial charge in [-0.25, -0.2) is 0 Å². The standard InChI is InChI=1S/C42H80O4/c1-39(2)45-41(43)37-35-33-31-29-27-25-23-21-19-17-15-13-11-9-7-5-6-8-10-12-14-16-18-20-22-24-26-28-30-32-34-36-38-42(44)46-40(3)4/h5-6,39-40H,7-38H2,1-4H3/b6-5-. The first-order chi connectivity index (χ1) is 22.4. The van der Waals surface area contributed by atoms with Crippen molar-refractivity contribution in [2.45, 2.75) is 245 Å². The van der Waals surface area contributed by atoms with E-state index in [1.807, 2.05) is 27.7 Å². The summed E-state index contributed by atoms with van der Waals surface area (Å²) in [7, 11) is 0. The van der Waals surface area contributed by atoms with Gasteiger partial charge in [0.15, 0.2) is 0 Å². The van der Waals surface area contributed by atoms with Gasteiger partial charge in [-0.2, -0.15) is 0 Å². The molecule has 0 rings (SSSR count). The van der Waals surface area contributed by atoms with Crippen molar-refractivity contribution < 1.29 is 19.1 Å². The van der Waals surface area contributed by atoms with Gasteiger partial charge in [-0.15, -0.1) is 0 Å². The predicted molar refractivity (Wildman–Crippen MR) is 199 cm³/mol. The molecule has 0 aromatic rings. The van der Waals surface area contributed by atoms with Gasteiger partial charge in [-0.05, 0) is 66.2 Å². The molecule has 4 nitrogen and oxygen atoms in total. The normalized spacial score (nSPS) is 11.7. The van der Waals surface area contributed by atoms with Crippen LogP contribution in [-0.2, 0) is 19.1 Å². The third-order valence-corrected chi connectivity index (χ3v) is 8.90. The van der Waals surface area contributed by atoms with E-state index < -0.39 is 0 Å². The number of esters is 2. The van der Waals surface area contributed by atoms with Gasteiger partial charge >= 0.3 is 11.9 Å². The Morgan fingerprint density at radius 1 is 0.348 bits per heavy atom. The summed E-state index contributed by atoms with van der Waals surface area (Å²) in [6.45, 7) is 7.65. The molecule has 46 heavy (non-hydrogen) atoms. The zero-order chi connectivity index (χ0) is 33.8. The lowest BCUT2D eigenvalue weighted by Crippen LogP contribution is -2.10. The van der Waals surface area contributed by atoms with Crippen LogP contribution in [0.4, 0.5) is 0 Å². The quantitative estimate of drug-likeness (QED) is 0.0385. The molecule has 0 fully saturated rings. The molecule has 0 atom stereocenters. The van der Waals surface area contributed by atoms with E-state index in [0.29, 0.717) is 12.8 Å². The van der Waals surface area contributed by atoms with Crippen LogP contribution in [0.25, 0.3) is 0 Å². The lowest BCUT2D eigenvalue weighted by molar-refractivity contribution is -0.148. The third-order valence-electron chi connectivity index (χ3n) is 8.90. The molecule has 0 aliphatic rings. The van der Waals surface area contributed by atoms with E-state index in [1.165, 1.54) is 167 Å². The van der Waals surface area contributed by atoms with Gasteiger partial charge in [0, 0.05) is 12.8 Å². The van der Waals surface area contributed by atoms with Crippen molar-refractivity contribution in [2.75, 3.05) is 0 Å². The van der Waals surface area contributed by atoms with Crippen LogP contribution in [0, 0.1) is 0 Å². The monoisotopic (exact) mass is 649 g/mol. The van der Waals surface area contributed by atoms with Gasteiger partial charge in [0.25, 0.3) is 0 Å². The zero-order valence-electron chi connectivity index (χ0n) is 31.6. The molecule has 0 N–H and O–H groups in total. The summed E-state index contributed by atoms with van der Waals surface area (Å²) < 4.78 is 10.4. The highest BCUT2D eigenvalue weighted by Crippen LogP contribution is 2.16. The molecule has 0 radical (unpaired) electrons. The van der Waals surface area contributed by atoms with E-state index in [0.717, 1.165) is 25.7 Å². The van der Waals surface area contributed by atoms with Crippen LogP contribution >= 0.6 is 0 Å². The maximum Gasteiger partial charge on any atom is 0.306 e. The Balaban J connectivity index is 3.16. The van der Waals surface area contributed by atoms with Crippen molar-refractivity contribution in [2.24, 2.45) is 0 Å². The highest BCUT2D eigenvalue weighted by molar-refractivity contribution is 5.69. The summed E-state index contributed by atoms with van der Waals surface area (Å²) in [6.07, 6.45) is 46.0. The maximum absolute atomic E-state index is 11.5. The second kappa shape index (κ2) is 36.5. The Labute approximate surface area is 288 Å². The van der Waals surface area contributed by atoms with Crippen molar-refractivity contribution in [1.82, 2.24) is 0 Å². The molecule has 0 saturated heterocycles. The van der Waals surface area contributed by atoms with Gasteiger partial charge in [0.1, 0.15) is 0 Å². The van der Waals surface area contributed by atoms with Crippen molar-refractivity contribution in [3.05, 3.63) is 12.2 Å². The maximum atomic E-state index is 11.5. The molecule has 0 aliphatic heterocycles. The van der Waals surface area contributed by atoms with Crippen LogP contribution in [0.3, 0.4) is 0 Å². The summed E-state index contributed by atoms with van der Waals surface area (Å²) in [4.78, 5) is 23.0. The fourth-order valence-corrected chi connectivity index (χ4v) is 6.19. The lowest BCUT2D eigenvalue weighted by Gasteiger charge is -2.07. The third kappa shape index (κ3) is 38.9. The SMILES string of the molecule is CC(C)OC(=O)CCCCCCCCCCCCCCCC/C=C\CCCCCCCCCCCCCCCCC(=O)OC(C)C. The fourth-order valence-electron chi connectivity index (χ4n) is 6.19. The first-order valence-corrected chi connectivity index (χ1v) is 20.5. The van der Waals surface area contributed by atoms with Crippen LogP contribution in [0.1, 0.15) is 233 Å². The second-order valence-electron chi connectivity index (χ2n) is 14.5. The van der Waals surface area contributed by atoms with Crippen molar-refractivity contribution in [1.29, 1.82) is 0 Å². The summed E-state index contributed by atoms with van der Waals surface area (Å²) in [5.74, 6) is -0.0704. The first kappa shape index (κ1) is 44.7. The predicted octanol–water partition coefficient (Wildman–Crippen LogP) is 13.9. The average Bonchev–Trinajstić information content (AvgIpc) is 3.00. The molecular weight excluding hydrogens is 568 g/mol. The average molecular weight is 649 g/mol. The number of hydrogen-bond acceptors (Lipinski definition) is 4. The van der Waals surface area contributed by atoms with Crippen molar-refractivity contribution in [3.63, 3.8) is 0 Å². The van der Waals surface area contributed by atoms with E-state index in [4.69, 9.17) is 9.47 Å². The molecule has 0 aliphatic carbocycles.